The topological polar surface area (TPSA) is 93.7 Å². The van der Waals surface area contributed by atoms with Crippen LogP contribution in [0.15, 0.2) is 63.4 Å². The molecule has 3 aliphatic rings. The number of carbonyl (C=O) groups excluding carboxylic acids is 3. The Balaban J connectivity index is 1.51. The molecule has 2 aromatic carbocycles. The number of hydrogen-bond donors (Lipinski definition) is 2. The zero-order valence-corrected chi connectivity index (χ0v) is 26.1. The quantitative estimate of drug-likeness (QED) is 0.371. The van der Waals surface area contributed by atoms with Gasteiger partial charge in [-0.15, -0.1) is 0 Å². The molecule has 0 spiro atoms. The van der Waals surface area contributed by atoms with Gasteiger partial charge in [0.25, 0.3) is 5.91 Å². The largest absolute Gasteiger partial charge is 0.493 e. The van der Waals surface area contributed by atoms with Crippen LogP contribution in [0.2, 0.25) is 0 Å². The molecule has 41 heavy (non-hydrogen) atoms. The van der Waals surface area contributed by atoms with Gasteiger partial charge in [0, 0.05) is 47.0 Å². The first-order chi connectivity index (χ1) is 19.3. The van der Waals surface area contributed by atoms with Gasteiger partial charge in [0.2, 0.25) is 0 Å². The minimum atomic E-state index is -0.503. The molecule has 0 aromatic heterocycles. The van der Waals surface area contributed by atoms with Gasteiger partial charge in [-0.2, -0.15) is 0 Å². The Kier molecular flexibility index (Phi) is 7.66. The maximum atomic E-state index is 13.7. The van der Waals surface area contributed by atoms with E-state index in [0.717, 1.165) is 41.1 Å². The predicted octanol–water partition coefficient (Wildman–Crippen LogP) is 6.76. The van der Waals surface area contributed by atoms with Crippen LogP contribution in [0, 0.1) is 17.8 Å². The third-order valence-electron chi connectivity index (χ3n) is 8.07. The molecular weight excluding hydrogens is 584 g/mol. The number of dihydropyridines is 1. The number of halogens is 1. The van der Waals surface area contributed by atoms with Crippen molar-refractivity contribution in [2.24, 2.45) is 10.8 Å². The van der Waals surface area contributed by atoms with Crippen molar-refractivity contribution in [1.29, 1.82) is 0 Å². The number of anilines is 1. The molecule has 0 saturated carbocycles. The number of para-hydroxylation sites is 1. The lowest BCUT2D eigenvalue weighted by atomic mass is 9.64. The Morgan fingerprint density at radius 3 is 2.12 bits per heavy atom. The van der Waals surface area contributed by atoms with Crippen molar-refractivity contribution < 1.29 is 23.9 Å². The second-order valence-electron chi connectivity index (χ2n) is 12.9. The number of carbonyl (C=O) groups is 3. The highest BCUT2D eigenvalue weighted by atomic mass is 79.9. The molecule has 216 valence electrons. The van der Waals surface area contributed by atoms with E-state index in [1.165, 1.54) is 7.11 Å². The van der Waals surface area contributed by atoms with Crippen molar-refractivity contribution >= 4 is 39.1 Å². The van der Waals surface area contributed by atoms with E-state index in [4.69, 9.17) is 9.47 Å². The summed E-state index contributed by atoms with van der Waals surface area (Å²) in [4.78, 5) is 40.0. The van der Waals surface area contributed by atoms with Crippen LogP contribution in [0.5, 0.6) is 11.5 Å². The number of aryl methyl sites for hydroxylation is 1. The fourth-order valence-electron chi connectivity index (χ4n) is 6.31. The number of ether oxygens (including phenoxy) is 2. The van der Waals surface area contributed by atoms with Crippen LogP contribution in [-0.4, -0.2) is 31.2 Å². The summed E-state index contributed by atoms with van der Waals surface area (Å²) in [6.45, 7) is 10.1. The van der Waals surface area contributed by atoms with Crippen LogP contribution in [0.3, 0.4) is 0 Å². The molecule has 7 nitrogen and oxygen atoms in total. The fourth-order valence-corrected chi connectivity index (χ4v) is 6.88. The van der Waals surface area contributed by atoms with E-state index in [0.29, 0.717) is 40.0 Å². The molecule has 1 amide bonds. The van der Waals surface area contributed by atoms with Crippen LogP contribution in [0.4, 0.5) is 5.69 Å². The van der Waals surface area contributed by atoms with Gasteiger partial charge in [-0.05, 0) is 75.9 Å². The minimum Gasteiger partial charge on any atom is -0.493 e. The molecule has 1 heterocycles. The summed E-state index contributed by atoms with van der Waals surface area (Å²) in [5.41, 5.74) is 5.24. The van der Waals surface area contributed by atoms with E-state index >= 15 is 0 Å². The van der Waals surface area contributed by atoms with E-state index in [-0.39, 0.29) is 34.9 Å². The monoisotopic (exact) mass is 620 g/mol. The SMILES string of the molecule is COc1cc(C2C3=C(CC(C)(C)CC3=O)NC3=C2C(=O)CC(C)(C)C3)cc(Br)c1OCC(=O)Nc1ccccc1C. The maximum Gasteiger partial charge on any atom is 0.262 e. The van der Waals surface area contributed by atoms with Gasteiger partial charge in [0.05, 0.1) is 11.6 Å². The van der Waals surface area contributed by atoms with E-state index in [1.807, 2.05) is 43.3 Å². The third kappa shape index (κ3) is 5.85. The number of methoxy groups -OCH3 is 1. The Morgan fingerprint density at radius 1 is 0.976 bits per heavy atom. The van der Waals surface area contributed by atoms with Crippen molar-refractivity contribution in [1.82, 2.24) is 5.32 Å². The standard InChI is InChI=1S/C33H37BrN2O5/c1-18-9-7-8-10-21(18)36-27(39)17-41-31-20(34)11-19(12-26(31)40-6)28-29-22(13-32(2,3)15-24(29)37)35-23-14-33(4,5)16-25(38)30(23)28/h7-12,28,35H,13-17H2,1-6H3,(H,36,39). The predicted molar refractivity (Wildman–Crippen MR) is 162 cm³/mol. The number of rotatable bonds is 6. The van der Waals surface area contributed by atoms with Crippen LogP contribution in [0.1, 0.15) is 70.4 Å². The molecule has 0 atom stereocenters. The van der Waals surface area contributed by atoms with Gasteiger partial charge in [0.1, 0.15) is 0 Å². The van der Waals surface area contributed by atoms with Crippen molar-refractivity contribution in [3.8, 4) is 11.5 Å². The number of nitrogens with one attached hydrogen (secondary N) is 2. The summed E-state index contributed by atoms with van der Waals surface area (Å²) >= 11 is 3.62. The lowest BCUT2D eigenvalue weighted by molar-refractivity contribution is -0.119. The Labute approximate surface area is 249 Å². The van der Waals surface area contributed by atoms with Crippen molar-refractivity contribution in [2.75, 3.05) is 19.0 Å². The molecule has 0 unspecified atom stereocenters. The molecular formula is C33H37BrN2O5. The van der Waals surface area contributed by atoms with Gasteiger partial charge < -0.3 is 20.1 Å². The minimum absolute atomic E-state index is 0.0567. The second-order valence-corrected chi connectivity index (χ2v) is 13.8. The van der Waals surface area contributed by atoms with Crippen LogP contribution < -0.4 is 20.1 Å². The van der Waals surface area contributed by atoms with E-state index in [1.54, 1.807) is 0 Å². The highest BCUT2D eigenvalue weighted by molar-refractivity contribution is 9.10. The molecule has 0 bridgehead atoms. The first kappa shape index (κ1) is 29.1. The van der Waals surface area contributed by atoms with Gasteiger partial charge in [-0.1, -0.05) is 45.9 Å². The number of amides is 1. The molecule has 2 aliphatic carbocycles. The molecule has 8 heteroatoms. The number of ketones is 2. The number of hydrogen-bond acceptors (Lipinski definition) is 6. The van der Waals surface area contributed by atoms with Crippen molar-refractivity contribution in [3.05, 3.63) is 74.5 Å². The van der Waals surface area contributed by atoms with Crippen LogP contribution >= 0.6 is 15.9 Å². The fraction of sp³-hybridized carbons (Fsp3) is 0.424. The molecule has 0 radical (unpaired) electrons. The number of Topliss-reactive ketones (excluding diaryl/α,β-unsaturated/α-hetero) is 2. The number of benzene rings is 2. The highest BCUT2D eigenvalue weighted by Gasteiger charge is 2.46. The zero-order valence-electron chi connectivity index (χ0n) is 24.5. The maximum absolute atomic E-state index is 13.7. The van der Waals surface area contributed by atoms with E-state index in [9.17, 15) is 14.4 Å². The second kappa shape index (κ2) is 10.8. The molecule has 0 saturated heterocycles. The molecule has 2 aromatic rings. The summed E-state index contributed by atoms with van der Waals surface area (Å²) in [5, 5.41) is 6.42. The Bertz CT molecular complexity index is 1470. The van der Waals surface area contributed by atoms with Gasteiger partial charge in [0.15, 0.2) is 29.7 Å². The average Bonchev–Trinajstić information content (AvgIpc) is 2.86. The first-order valence-electron chi connectivity index (χ1n) is 13.9. The summed E-state index contributed by atoms with van der Waals surface area (Å²) in [6.07, 6.45) is 2.29. The molecule has 2 N–H and O–H groups in total. The summed E-state index contributed by atoms with van der Waals surface area (Å²) in [7, 11) is 1.53. The molecule has 1 aliphatic heterocycles. The first-order valence-corrected chi connectivity index (χ1v) is 14.7. The third-order valence-corrected chi connectivity index (χ3v) is 8.66. The van der Waals surface area contributed by atoms with Gasteiger partial charge in [-0.3, -0.25) is 14.4 Å². The normalized spacial score (nSPS) is 19.8. The average molecular weight is 622 g/mol. The van der Waals surface area contributed by atoms with Crippen molar-refractivity contribution in [2.45, 2.75) is 66.2 Å². The number of allylic oxidation sites excluding steroid dienone is 4. The van der Waals surface area contributed by atoms with E-state index in [2.05, 4.69) is 54.3 Å². The molecule has 5 rings (SSSR count). The Hall–Kier alpha value is -3.39. The summed E-state index contributed by atoms with van der Waals surface area (Å²) < 4.78 is 12.2. The summed E-state index contributed by atoms with van der Waals surface area (Å²) in [6, 6.07) is 11.2. The van der Waals surface area contributed by atoms with Gasteiger partial charge >= 0.3 is 0 Å². The van der Waals surface area contributed by atoms with Crippen LogP contribution in [-0.2, 0) is 14.4 Å². The van der Waals surface area contributed by atoms with Gasteiger partial charge in [-0.25, -0.2) is 0 Å². The lowest BCUT2D eigenvalue weighted by Gasteiger charge is -2.44. The highest BCUT2D eigenvalue weighted by Crippen LogP contribution is 2.52. The van der Waals surface area contributed by atoms with Crippen molar-refractivity contribution in [3.63, 3.8) is 0 Å². The zero-order chi connectivity index (χ0) is 29.7. The summed E-state index contributed by atoms with van der Waals surface area (Å²) in [5.74, 6) is 0.0967. The smallest absolute Gasteiger partial charge is 0.262 e. The van der Waals surface area contributed by atoms with E-state index < -0.39 is 5.92 Å². The lowest BCUT2D eigenvalue weighted by Crippen LogP contribution is -2.42. The van der Waals surface area contributed by atoms with Crippen LogP contribution in [0.25, 0.3) is 0 Å². The molecule has 0 fully saturated rings. The Morgan fingerprint density at radius 2 is 1.56 bits per heavy atom.